The zero-order valence-electron chi connectivity index (χ0n) is 24.2. The van der Waals surface area contributed by atoms with E-state index >= 15 is 4.39 Å². The van der Waals surface area contributed by atoms with E-state index in [-0.39, 0.29) is 63.9 Å². The largest absolute Gasteiger partial charge is 0.489 e. The third-order valence-corrected chi connectivity index (χ3v) is 9.59. The van der Waals surface area contributed by atoms with Crippen LogP contribution in [0.5, 0.6) is 11.8 Å². The number of hydrogen-bond donors (Lipinski definition) is 2. The molecule has 1 aromatic carbocycles. The van der Waals surface area contributed by atoms with Gasteiger partial charge in [-0.15, -0.1) is 0 Å². The molecule has 6 heterocycles. The number of nitrogens with one attached hydrogen (secondary N) is 1. The van der Waals surface area contributed by atoms with Crippen LogP contribution < -0.4 is 25.4 Å². The average Bonchev–Trinajstić information content (AvgIpc) is 3.64. The summed E-state index contributed by atoms with van der Waals surface area (Å²) in [5.74, 6) is -0.938. The molecule has 4 aliphatic rings. The van der Waals surface area contributed by atoms with Crippen molar-refractivity contribution in [2.24, 2.45) is 0 Å². The molecule has 0 aliphatic carbocycles. The summed E-state index contributed by atoms with van der Waals surface area (Å²) >= 11 is 6.76. The Kier molecular flexibility index (Phi) is 7.05. The first-order valence-electron chi connectivity index (χ1n) is 14.7. The molecular weight excluding hydrogens is 602 g/mol. The lowest BCUT2D eigenvalue weighted by Crippen LogP contribution is -2.43. The van der Waals surface area contributed by atoms with Crippen LogP contribution in [0.4, 0.5) is 29.2 Å². The molecule has 14 heteroatoms. The average molecular weight is 634 g/mol. The van der Waals surface area contributed by atoms with Crippen molar-refractivity contribution in [2.75, 3.05) is 56.6 Å². The molecular formula is C30H32ClF4N7O2. The van der Waals surface area contributed by atoms with Crippen LogP contribution in [0, 0.1) is 12.7 Å². The number of aryl methyl sites for hydroxylation is 1. The number of halogens is 5. The van der Waals surface area contributed by atoms with Gasteiger partial charge in [-0.1, -0.05) is 23.8 Å². The summed E-state index contributed by atoms with van der Waals surface area (Å²) in [6.07, 6.45) is -1.34. The van der Waals surface area contributed by atoms with Crippen LogP contribution in [-0.2, 0) is 6.18 Å². The number of aromatic nitrogens is 3. The Morgan fingerprint density at radius 3 is 2.84 bits per heavy atom. The molecule has 3 N–H and O–H groups in total. The van der Waals surface area contributed by atoms with Crippen LogP contribution in [0.25, 0.3) is 22.2 Å². The highest BCUT2D eigenvalue weighted by atomic mass is 35.5. The molecule has 0 amide bonds. The van der Waals surface area contributed by atoms with Crippen molar-refractivity contribution in [2.45, 2.75) is 50.4 Å². The van der Waals surface area contributed by atoms with E-state index < -0.39 is 28.8 Å². The maximum absolute atomic E-state index is 16.8. The van der Waals surface area contributed by atoms with E-state index in [9.17, 15) is 13.2 Å². The van der Waals surface area contributed by atoms with Gasteiger partial charge in [0, 0.05) is 19.1 Å². The molecule has 3 fully saturated rings. The van der Waals surface area contributed by atoms with Gasteiger partial charge in [-0.05, 0) is 57.3 Å². The Morgan fingerprint density at radius 2 is 2.09 bits per heavy atom. The molecule has 0 radical (unpaired) electrons. The van der Waals surface area contributed by atoms with E-state index in [0.717, 1.165) is 57.0 Å². The second-order valence-electron chi connectivity index (χ2n) is 12.1. The van der Waals surface area contributed by atoms with E-state index in [1.54, 1.807) is 0 Å². The summed E-state index contributed by atoms with van der Waals surface area (Å²) in [5, 5.41) is 3.16. The quantitative estimate of drug-likeness (QED) is 0.293. The van der Waals surface area contributed by atoms with Gasteiger partial charge in [0.05, 0.1) is 39.3 Å². The highest BCUT2D eigenvalue weighted by Gasteiger charge is 2.47. The Bertz CT molecular complexity index is 1680. The number of anilines is 2. The summed E-state index contributed by atoms with van der Waals surface area (Å²) < 4.78 is 72.2. The lowest BCUT2D eigenvalue weighted by molar-refractivity contribution is -0.137. The standard InChI is InChI=1S/C30H32ClF4N7O2/c1-15-11-29(5-3-7-41(29)13-15)14-44-28-39-25-20-26(43-9-8-42(27(20)40-28)17-4-6-37-12-17)22(31)19(23(25)32)24-21(30(33,34)35)16(2)10-18(36)38-24/h10,17,37H,1,3-9,11-14H2,2H3,(H2,36,38)/t17-,29-/m0/s1. The van der Waals surface area contributed by atoms with Gasteiger partial charge in [0.2, 0.25) is 0 Å². The van der Waals surface area contributed by atoms with Gasteiger partial charge in [-0.3, -0.25) is 4.90 Å². The minimum absolute atomic E-state index is 0.00395. The first kappa shape index (κ1) is 29.3. The SMILES string of the molecule is C=C1CN2CCC[C@@]2(COc2nc3c4c(c(Cl)c(-c5nc(N)cc(C)c5C(F)(F)F)c(F)c4n2)OCCN3[C@H]2CCNC2)C1. The fourth-order valence-electron chi connectivity index (χ4n) is 7.35. The number of nitrogen functional groups attached to an aromatic ring is 1. The third kappa shape index (κ3) is 4.71. The van der Waals surface area contributed by atoms with Gasteiger partial charge < -0.3 is 25.4 Å². The summed E-state index contributed by atoms with van der Waals surface area (Å²) in [6, 6.07) is 1.04. The first-order valence-corrected chi connectivity index (χ1v) is 15.1. The first-order chi connectivity index (χ1) is 21.0. The lowest BCUT2D eigenvalue weighted by Gasteiger charge is -2.31. The highest BCUT2D eigenvalue weighted by molar-refractivity contribution is 6.36. The van der Waals surface area contributed by atoms with Crippen LogP contribution in [0.3, 0.4) is 0 Å². The molecule has 7 rings (SSSR count). The predicted octanol–water partition coefficient (Wildman–Crippen LogP) is 5.13. The second-order valence-corrected chi connectivity index (χ2v) is 12.5. The molecule has 3 saturated heterocycles. The molecule has 0 unspecified atom stereocenters. The van der Waals surface area contributed by atoms with Crippen molar-refractivity contribution in [3.63, 3.8) is 0 Å². The Morgan fingerprint density at radius 1 is 1.27 bits per heavy atom. The predicted molar refractivity (Wildman–Crippen MR) is 159 cm³/mol. The van der Waals surface area contributed by atoms with Crippen molar-refractivity contribution >= 4 is 34.1 Å². The Hall–Kier alpha value is -3.42. The van der Waals surface area contributed by atoms with E-state index in [0.29, 0.717) is 18.9 Å². The zero-order valence-corrected chi connectivity index (χ0v) is 24.9. The number of rotatable bonds is 5. The normalized spacial score (nSPS) is 23.7. The van der Waals surface area contributed by atoms with Gasteiger partial charge in [0.15, 0.2) is 11.6 Å². The van der Waals surface area contributed by atoms with E-state index in [2.05, 4.69) is 26.8 Å². The van der Waals surface area contributed by atoms with Crippen molar-refractivity contribution in [3.8, 4) is 23.0 Å². The number of pyridine rings is 1. The lowest BCUT2D eigenvalue weighted by atomic mass is 9.94. The monoisotopic (exact) mass is 633 g/mol. The molecule has 0 saturated carbocycles. The number of fused-ring (bicyclic) bond motifs is 1. The van der Waals surface area contributed by atoms with Crippen LogP contribution in [-0.4, -0.2) is 77.4 Å². The highest BCUT2D eigenvalue weighted by Crippen LogP contribution is 2.50. The smallest absolute Gasteiger partial charge is 0.418 e. The van der Waals surface area contributed by atoms with Gasteiger partial charge >= 0.3 is 12.2 Å². The van der Waals surface area contributed by atoms with E-state index in [1.165, 1.54) is 6.92 Å². The molecule has 9 nitrogen and oxygen atoms in total. The van der Waals surface area contributed by atoms with Crippen molar-refractivity contribution < 1.29 is 27.0 Å². The number of nitrogens with two attached hydrogens (primary N) is 1. The molecule has 2 atom stereocenters. The second kappa shape index (κ2) is 10.6. The number of ether oxygens (including phenoxy) is 2. The minimum atomic E-state index is -4.87. The van der Waals surface area contributed by atoms with Gasteiger partial charge in [0.1, 0.15) is 30.4 Å². The van der Waals surface area contributed by atoms with Crippen LogP contribution in [0.1, 0.15) is 36.8 Å². The van der Waals surface area contributed by atoms with E-state index in [1.807, 2.05) is 4.90 Å². The Balaban J connectivity index is 1.44. The molecule has 2 aromatic heterocycles. The molecule has 0 bridgehead atoms. The summed E-state index contributed by atoms with van der Waals surface area (Å²) in [6.45, 7) is 9.40. The van der Waals surface area contributed by atoms with Crippen molar-refractivity contribution in [3.05, 3.63) is 40.2 Å². The maximum Gasteiger partial charge on any atom is 0.418 e. The number of nitrogens with zero attached hydrogens (tertiary/aromatic N) is 5. The topological polar surface area (TPSA) is 102 Å². The number of hydrogen-bond acceptors (Lipinski definition) is 9. The number of alkyl halides is 3. The Labute approximate surface area is 256 Å². The fraction of sp³-hybridized carbons (Fsp3) is 0.500. The molecule has 0 spiro atoms. The molecule has 44 heavy (non-hydrogen) atoms. The van der Waals surface area contributed by atoms with E-state index in [4.69, 9.17) is 31.8 Å². The third-order valence-electron chi connectivity index (χ3n) is 9.23. The van der Waals surface area contributed by atoms with Crippen molar-refractivity contribution in [1.82, 2.24) is 25.2 Å². The van der Waals surface area contributed by atoms with Crippen molar-refractivity contribution in [1.29, 1.82) is 0 Å². The molecule has 3 aromatic rings. The minimum Gasteiger partial charge on any atom is -0.489 e. The summed E-state index contributed by atoms with van der Waals surface area (Å²) in [4.78, 5) is 17.6. The van der Waals surface area contributed by atoms with Gasteiger partial charge in [-0.2, -0.15) is 23.1 Å². The fourth-order valence-corrected chi connectivity index (χ4v) is 7.67. The van der Waals surface area contributed by atoms with Crippen LogP contribution >= 0.6 is 11.6 Å². The van der Waals surface area contributed by atoms with Gasteiger partial charge in [-0.25, -0.2) is 9.37 Å². The summed E-state index contributed by atoms with van der Waals surface area (Å²) in [7, 11) is 0. The summed E-state index contributed by atoms with van der Waals surface area (Å²) in [5.41, 5.74) is 3.81. The molecule has 4 aliphatic heterocycles. The van der Waals surface area contributed by atoms with Crippen LogP contribution in [0.15, 0.2) is 18.2 Å². The maximum atomic E-state index is 16.8. The zero-order chi connectivity index (χ0) is 31.0. The van der Waals surface area contributed by atoms with Crippen LogP contribution in [0.2, 0.25) is 5.02 Å². The van der Waals surface area contributed by atoms with Gasteiger partial charge in [0.25, 0.3) is 0 Å². The molecule has 234 valence electrons. The number of benzene rings is 1.